The second-order valence-electron chi connectivity index (χ2n) is 6.09. The Balaban J connectivity index is 1.22. The second-order valence-corrected chi connectivity index (χ2v) is 8.11. The van der Waals surface area contributed by atoms with Crippen LogP contribution >= 0.6 is 23.1 Å². The minimum absolute atomic E-state index is 0.251. The van der Waals surface area contributed by atoms with E-state index in [2.05, 4.69) is 39.6 Å². The number of ether oxygens (including phenoxy) is 3. The summed E-state index contributed by atoms with van der Waals surface area (Å²) in [6.45, 7) is 0.616. The summed E-state index contributed by atoms with van der Waals surface area (Å²) in [5.74, 6) is 4.69. The molecule has 5 rings (SSSR count). The lowest BCUT2D eigenvalue weighted by Crippen LogP contribution is -1.99. The molecule has 0 spiro atoms. The first-order valence-corrected chi connectivity index (χ1v) is 10.7. The minimum Gasteiger partial charge on any atom is -0.486 e. The predicted octanol–water partition coefficient (Wildman–Crippen LogP) is 3.93. The van der Waals surface area contributed by atoms with Gasteiger partial charge in [0, 0.05) is 11.8 Å². The van der Waals surface area contributed by atoms with Crippen molar-refractivity contribution in [2.45, 2.75) is 18.1 Å². The van der Waals surface area contributed by atoms with E-state index in [1.165, 1.54) is 16.9 Å². The number of hydrogen-bond donors (Lipinski definition) is 0. The van der Waals surface area contributed by atoms with Crippen LogP contribution in [0.2, 0.25) is 0 Å². The molecule has 9 heteroatoms. The molecule has 2 aromatic heterocycles. The molecule has 0 unspecified atom stereocenters. The van der Waals surface area contributed by atoms with Gasteiger partial charge in [0.15, 0.2) is 22.3 Å². The number of rotatable bonds is 7. The van der Waals surface area contributed by atoms with Gasteiger partial charge in [-0.15, -0.1) is 22.0 Å². The molecular formula is C19H16N4O3S2. The standard InChI is InChI=1S/C19H16N4O3S2/c1-2-4-13(5-3-1)10-27-11-17-20-21-19-23(17)22-18(28-19)9-24-14-6-7-15-16(8-14)26-12-25-15/h1-8H,9-12H2. The first kappa shape index (κ1) is 17.3. The lowest BCUT2D eigenvalue weighted by Gasteiger charge is -2.04. The summed E-state index contributed by atoms with van der Waals surface area (Å²) in [5.41, 5.74) is 1.30. The number of hydrogen-bond acceptors (Lipinski definition) is 8. The number of thioether (sulfide) groups is 1. The normalized spacial score (nSPS) is 12.6. The van der Waals surface area contributed by atoms with Crippen molar-refractivity contribution in [1.29, 1.82) is 0 Å². The second kappa shape index (κ2) is 7.69. The van der Waals surface area contributed by atoms with Crippen molar-refractivity contribution < 1.29 is 14.2 Å². The van der Waals surface area contributed by atoms with Crippen LogP contribution in [0.5, 0.6) is 17.2 Å². The molecule has 0 bridgehead atoms. The van der Waals surface area contributed by atoms with E-state index in [9.17, 15) is 0 Å². The molecule has 3 heterocycles. The van der Waals surface area contributed by atoms with Crippen LogP contribution in [0.4, 0.5) is 0 Å². The van der Waals surface area contributed by atoms with Crippen LogP contribution in [0, 0.1) is 0 Å². The maximum Gasteiger partial charge on any atom is 0.234 e. The van der Waals surface area contributed by atoms with Crippen molar-refractivity contribution >= 4 is 28.1 Å². The monoisotopic (exact) mass is 412 g/mol. The highest BCUT2D eigenvalue weighted by Gasteiger charge is 2.15. The van der Waals surface area contributed by atoms with Crippen LogP contribution in [0.25, 0.3) is 4.96 Å². The molecule has 142 valence electrons. The van der Waals surface area contributed by atoms with E-state index in [4.69, 9.17) is 14.2 Å². The van der Waals surface area contributed by atoms with Gasteiger partial charge in [-0.05, 0) is 17.7 Å². The summed E-state index contributed by atoms with van der Waals surface area (Å²) in [6, 6.07) is 15.9. The number of benzene rings is 2. The van der Waals surface area contributed by atoms with E-state index in [0.717, 1.165) is 33.0 Å². The molecule has 4 aromatic rings. The van der Waals surface area contributed by atoms with E-state index in [-0.39, 0.29) is 6.79 Å². The Hall–Kier alpha value is -2.78. The van der Waals surface area contributed by atoms with Crippen molar-refractivity contribution in [2.75, 3.05) is 6.79 Å². The first-order chi connectivity index (χ1) is 13.8. The molecule has 7 nitrogen and oxygen atoms in total. The van der Waals surface area contributed by atoms with Gasteiger partial charge in [0.1, 0.15) is 12.4 Å². The molecule has 0 fully saturated rings. The molecule has 0 N–H and O–H groups in total. The summed E-state index contributed by atoms with van der Waals surface area (Å²) in [7, 11) is 0. The van der Waals surface area contributed by atoms with Crippen molar-refractivity contribution in [3.05, 3.63) is 64.9 Å². The Morgan fingerprint density at radius 2 is 1.93 bits per heavy atom. The highest BCUT2D eigenvalue weighted by Crippen LogP contribution is 2.35. The highest BCUT2D eigenvalue weighted by molar-refractivity contribution is 7.97. The molecule has 2 aromatic carbocycles. The molecule has 0 aliphatic carbocycles. The SMILES string of the molecule is c1ccc(CSCc2nnc3sc(COc4ccc5c(c4)OCO5)nn23)cc1. The van der Waals surface area contributed by atoms with Gasteiger partial charge in [-0.1, -0.05) is 41.7 Å². The fraction of sp³-hybridized carbons (Fsp3) is 0.211. The van der Waals surface area contributed by atoms with Gasteiger partial charge in [-0.25, -0.2) is 0 Å². The first-order valence-electron chi connectivity index (χ1n) is 8.69. The summed E-state index contributed by atoms with van der Waals surface area (Å²) in [4.78, 5) is 0.777. The third-order valence-electron chi connectivity index (χ3n) is 4.15. The average Bonchev–Trinajstić information content (AvgIpc) is 3.43. The summed E-state index contributed by atoms with van der Waals surface area (Å²) >= 11 is 3.27. The van der Waals surface area contributed by atoms with Crippen molar-refractivity contribution in [3.8, 4) is 17.2 Å². The topological polar surface area (TPSA) is 70.8 Å². The van der Waals surface area contributed by atoms with Crippen LogP contribution < -0.4 is 14.2 Å². The van der Waals surface area contributed by atoms with Crippen LogP contribution in [-0.4, -0.2) is 26.6 Å². The summed E-state index contributed by atoms with van der Waals surface area (Å²) in [5, 5.41) is 13.9. The Morgan fingerprint density at radius 3 is 2.86 bits per heavy atom. The fourth-order valence-corrected chi connectivity index (χ4v) is 4.45. The molecule has 0 amide bonds. The van der Waals surface area contributed by atoms with Crippen molar-refractivity contribution in [2.24, 2.45) is 0 Å². The molecule has 0 saturated carbocycles. The van der Waals surface area contributed by atoms with Gasteiger partial charge in [0.25, 0.3) is 0 Å². The lowest BCUT2D eigenvalue weighted by atomic mass is 10.2. The fourth-order valence-electron chi connectivity index (χ4n) is 2.79. The smallest absolute Gasteiger partial charge is 0.234 e. The van der Waals surface area contributed by atoms with E-state index in [1.54, 1.807) is 16.3 Å². The Bertz CT molecular complexity index is 1100. The van der Waals surface area contributed by atoms with Gasteiger partial charge in [0.05, 0.1) is 5.75 Å². The molecule has 0 saturated heterocycles. The molecule has 0 radical (unpaired) electrons. The number of aromatic nitrogens is 4. The van der Waals surface area contributed by atoms with Crippen LogP contribution in [0.15, 0.2) is 48.5 Å². The zero-order chi connectivity index (χ0) is 18.8. The van der Waals surface area contributed by atoms with Crippen molar-refractivity contribution in [3.63, 3.8) is 0 Å². The Labute approximate surface area is 169 Å². The Morgan fingerprint density at radius 1 is 1.04 bits per heavy atom. The van der Waals surface area contributed by atoms with Gasteiger partial charge < -0.3 is 14.2 Å². The third kappa shape index (κ3) is 3.63. The van der Waals surface area contributed by atoms with Gasteiger partial charge in [0.2, 0.25) is 11.8 Å². The average molecular weight is 412 g/mol. The predicted molar refractivity (Wildman–Crippen MR) is 107 cm³/mol. The van der Waals surface area contributed by atoms with Crippen LogP contribution in [0.3, 0.4) is 0 Å². The Kier molecular flexibility index (Phi) is 4.76. The lowest BCUT2D eigenvalue weighted by molar-refractivity contribution is 0.173. The quantitative estimate of drug-likeness (QED) is 0.455. The number of fused-ring (bicyclic) bond motifs is 2. The van der Waals surface area contributed by atoms with E-state index >= 15 is 0 Å². The molecule has 0 atom stereocenters. The van der Waals surface area contributed by atoms with Crippen molar-refractivity contribution in [1.82, 2.24) is 19.8 Å². The van der Waals surface area contributed by atoms with E-state index in [1.807, 2.05) is 24.3 Å². The third-order valence-corrected chi connectivity index (χ3v) is 6.02. The van der Waals surface area contributed by atoms with Gasteiger partial charge in [-0.3, -0.25) is 0 Å². The molecule has 1 aliphatic rings. The zero-order valence-electron chi connectivity index (χ0n) is 14.8. The maximum atomic E-state index is 5.84. The van der Waals surface area contributed by atoms with Crippen LogP contribution in [-0.2, 0) is 18.1 Å². The zero-order valence-corrected chi connectivity index (χ0v) is 16.4. The van der Waals surface area contributed by atoms with Crippen LogP contribution in [0.1, 0.15) is 16.4 Å². The summed E-state index contributed by atoms with van der Waals surface area (Å²) in [6.07, 6.45) is 0. The van der Waals surface area contributed by atoms with Gasteiger partial charge >= 0.3 is 0 Å². The molecule has 1 aliphatic heterocycles. The summed E-state index contributed by atoms with van der Waals surface area (Å²) < 4.78 is 18.3. The largest absolute Gasteiger partial charge is 0.486 e. The van der Waals surface area contributed by atoms with Gasteiger partial charge in [-0.2, -0.15) is 9.61 Å². The minimum atomic E-state index is 0.251. The highest BCUT2D eigenvalue weighted by atomic mass is 32.2. The molecular weight excluding hydrogens is 396 g/mol. The van der Waals surface area contributed by atoms with E-state index < -0.39 is 0 Å². The number of nitrogens with zero attached hydrogens (tertiary/aromatic N) is 4. The van der Waals surface area contributed by atoms with E-state index in [0.29, 0.717) is 18.1 Å². The molecule has 28 heavy (non-hydrogen) atoms. The maximum absolute atomic E-state index is 5.84.